The van der Waals surface area contributed by atoms with Crippen LogP contribution in [-0.2, 0) is 6.42 Å². The molecule has 94 valence electrons. The molecule has 0 unspecified atom stereocenters. The molecule has 1 aliphatic heterocycles. The van der Waals surface area contributed by atoms with Crippen LogP contribution in [-0.4, -0.2) is 28.0 Å². The third-order valence-corrected chi connectivity index (χ3v) is 4.52. The number of anilines is 1. The van der Waals surface area contributed by atoms with Gasteiger partial charge in [0, 0.05) is 12.1 Å². The molecule has 2 rings (SSSR count). The van der Waals surface area contributed by atoms with Gasteiger partial charge in [-0.2, -0.15) is 11.8 Å². The van der Waals surface area contributed by atoms with E-state index in [9.17, 15) is 0 Å². The molecule has 0 aromatic carbocycles. The predicted octanol–water partition coefficient (Wildman–Crippen LogP) is 3.25. The Morgan fingerprint density at radius 2 is 2.18 bits per heavy atom. The highest BCUT2D eigenvalue weighted by Crippen LogP contribution is 2.24. The zero-order valence-electron chi connectivity index (χ0n) is 10.1. The standard InChI is InChI=1S/C12H18ClN3S/c1-2-10-11(13)15-8-16-12(10)14-7-9-3-5-17-6-4-9/h8-9H,2-7H2,1H3,(H,14,15,16). The highest BCUT2D eigenvalue weighted by molar-refractivity contribution is 7.99. The van der Waals surface area contributed by atoms with Crippen molar-refractivity contribution in [3.63, 3.8) is 0 Å². The molecule has 1 aromatic heterocycles. The second-order valence-electron chi connectivity index (χ2n) is 4.28. The van der Waals surface area contributed by atoms with Gasteiger partial charge in [-0.05, 0) is 36.7 Å². The minimum atomic E-state index is 0.573. The molecule has 0 atom stereocenters. The molecule has 1 saturated heterocycles. The minimum Gasteiger partial charge on any atom is -0.369 e. The Hall–Kier alpha value is -0.480. The van der Waals surface area contributed by atoms with Gasteiger partial charge in [0.05, 0.1) is 0 Å². The van der Waals surface area contributed by atoms with Crippen molar-refractivity contribution < 1.29 is 0 Å². The topological polar surface area (TPSA) is 37.8 Å². The molecule has 5 heteroatoms. The van der Waals surface area contributed by atoms with Crippen LogP contribution in [0.5, 0.6) is 0 Å². The highest BCUT2D eigenvalue weighted by atomic mass is 35.5. The average Bonchev–Trinajstić information content (AvgIpc) is 2.37. The van der Waals surface area contributed by atoms with Crippen LogP contribution in [0, 0.1) is 5.92 Å². The van der Waals surface area contributed by atoms with Crippen molar-refractivity contribution in [1.29, 1.82) is 0 Å². The number of thioether (sulfide) groups is 1. The largest absolute Gasteiger partial charge is 0.369 e. The number of rotatable bonds is 4. The van der Waals surface area contributed by atoms with Gasteiger partial charge in [-0.1, -0.05) is 18.5 Å². The Labute approximate surface area is 112 Å². The Morgan fingerprint density at radius 1 is 1.41 bits per heavy atom. The van der Waals surface area contributed by atoms with Gasteiger partial charge >= 0.3 is 0 Å². The van der Waals surface area contributed by atoms with E-state index in [4.69, 9.17) is 11.6 Å². The van der Waals surface area contributed by atoms with Crippen molar-refractivity contribution >= 4 is 29.2 Å². The number of hydrogen-bond donors (Lipinski definition) is 1. The highest BCUT2D eigenvalue weighted by Gasteiger charge is 2.15. The number of nitrogens with one attached hydrogen (secondary N) is 1. The number of halogens is 1. The number of aromatic nitrogens is 2. The Balaban J connectivity index is 1.95. The lowest BCUT2D eigenvalue weighted by atomic mass is 10.0. The van der Waals surface area contributed by atoms with Crippen molar-refractivity contribution in [2.45, 2.75) is 26.2 Å². The molecule has 1 aliphatic rings. The molecular weight excluding hydrogens is 254 g/mol. The lowest BCUT2D eigenvalue weighted by molar-refractivity contribution is 0.515. The summed E-state index contributed by atoms with van der Waals surface area (Å²) in [7, 11) is 0. The van der Waals surface area contributed by atoms with E-state index >= 15 is 0 Å². The number of nitrogens with zero attached hydrogens (tertiary/aromatic N) is 2. The fourth-order valence-corrected chi connectivity index (χ4v) is 3.52. The van der Waals surface area contributed by atoms with E-state index in [2.05, 4.69) is 34.0 Å². The fraction of sp³-hybridized carbons (Fsp3) is 0.667. The zero-order chi connectivity index (χ0) is 12.1. The molecular formula is C12H18ClN3S. The summed E-state index contributed by atoms with van der Waals surface area (Å²) >= 11 is 8.11. The third-order valence-electron chi connectivity index (χ3n) is 3.15. The van der Waals surface area contributed by atoms with E-state index in [1.165, 1.54) is 30.7 Å². The summed E-state index contributed by atoms with van der Waals surface area (Å²) < 4.78 is 0. The van der Waals surface area contributed by atoms with Gasteiger partial charge in [0.25, 0.3) is 0 Å². The molecule has 2 heterocycles. The summed E-state index contributed by atoms with van der Waals surface area (Å²) in [6.45, 7) is 3.08. The van der Waals surface area contributed by atoms with E-state index in [0.29, 0.717) is 5.15 Å². The van der Waals surface area contributed by atoms with Crippen LogP contribution in [0.4, 0.5) is 5.82 Å². The summed E-state index contributed by atoms with van der Waals surface area (Å²) in [4.78, 5) is 8.30. The summed E-state index contributed by atoms with van der Waals surface area (Å²) in [5.74, 6) is 4.26. The van der Waals surface area contributed by atoms with Crippen LogP contribution in [0.2, 0.25) is 5.15 Å². The van der Waals surface area contributed by atoms with Gasteiger partial charge in [-0.3, -0.25) is 0 Å². The summed E-state index contributed by atoms with van der Waals surface area (Å²) in [5.41, 5.74) is 1.03. The maximum absolute atomic E-state index is 6.06. The molecule has 0 aliphatic carbocycles. The second kappa shape index (κ2) is 6.45. The molecule has 17 heavy (non-hydrogen) atoms. The minimum absolute atomic E-state index is 0.573. The first kappa shape index (κ1) is 13.0. The molecule has 1 aromatic rings. The van der Waals surface area contributed by atoms with Crippen LogP contribution >= 0.6 is 23.4 Å². The Morgan fingerprint density at radius 3 is 2.88 bits per heavy atom. The van der Waals surface area contributed by atoms with Gasteiger partial charge in [-0.25, -0.2) is 9.97 Å². The summed E-state index contributed by atoms with van der Waals surface area (Å²) in [6.07, 6.45) is 5.00. The van der Waals surface area contributed by atoms with Gasteiger partial charge < -0.3 is 5.32 Å². The normalized spacial score (nSPS) is 17.1. The quantitative estimate of drug-likeness (QED) is 0.853. The second-order valence-corrected chi connectivity index (χ2v) is 5.86. The molecule has 0 radical (unpaired) electrons. The molecule has 0 amide bonds. The first-order valence-electron chi connectivity index (χ1n) is 6.12. The summed E-state index contributed by atoms with van der Waals surface area (Å²) in [5, 5.41) is 4.00. The smallest absolute Gasteiger partial charge is 0.137 e. The van der Waals surface area contributed by atoms with Crippen LogP contribution in [0.3, 0.4) is 0 Å². The molecule has 1 fully saturated rings. The molecule has 0 bridgehead atoms. The maximum Gasteiger partial charge on any atom is 0.137 e. The first-order chi connectivity index (χ1) is 8.31. The Kier molecular flexibility index (Phi) is 4.92. The maximum atomic E-state index is 6.06. The molecule has 1 N–H and O–H groups in total. The molecule has 0 spiro atoms. The summed E-state index contributed by atoms with van der Waals surface area (Å²) in [6, 6.07) is 0. The van der Waals surface area contributed by atoms with Crippen LogP contribution in [0.25, 0.3) is 0 Å². The van der Waals surface area contributed by atoms with Crippen LogP contribution in [0.15, 0.2) is 6.33 Å². The van der Waals surface area contributed by atoms with Gasteiger partial charge in [0.2, 0.25) is 0 Å². The van der Waals surface area contributed by atoms with Crippen molar-refractivity contribution in [3.8, 4) is 0 Å². The fourth-order valence-electron chi connectivity index (χ4n) is 2.05. The lowest BCUT2D eigenvalue weighted by Gasteiger charge is -2.22. The van der Waals surface area contributed by atoms with E-state index in [-0.39, 0.29) is 0 Å². The van der Waals surface area contributed by atoms with Crippen LogP contribution in [0.1, 0.15) is 25.3 Å². The van der Waals surface area contributed by atoms with Gasteiger partial charge in [0.15, 0.2) is 0 Å². The van der Waals surface area contributed by atoms with Crippen molar-refractivity contribution in [3.05, 3.63) is 17.0 Å². The number of hydrogen-bond acceptors (Lipinski definition) is 4. The zero-order valence-corrected chi connectivity index (χ0v) is 11.7. The van der Waals surface area contributed by atoms with E-state index in [1.807, 2.05) is 0 Å². The van der Waals surface area contributed by atoms with E-state index < -0.39 is 0 Å². The Bertz CT molecular complexity index is 367. The van der Waals surface area contributed by atoms with Gasteiger partial charge in [-0.15, -0.1) is 0 Å². The van der Waals surface area contributed by atoms with Gasteiger partial charge in [0.1, 0.15) is 17.3 Å². The molecule has 0 saturated carbocycles. The van der Waals surface area contributed by atoms with E-state index in [1.54, 1.807) is 0 Å². The first-order valence-corrected chi connectivity index (χ1v) is 7.65. The van der Waals surface area contributed by atoms with E-state index in [0.717, 1.165) is 30.3 Å². The van der Waals surface area contributed by atoms with Crippen molar-refractivity contribution in [2.75, 3.05) is 23.4 Å². The average molecular weight is 272 g/mol. The monoisotopic (exact) mass is 271 g/mol. The lowest BCUT2D eigenvalue weighted by Crippen LogP contribution is -2.20. The molecule has 3 nitrogen and oxygen atoms in total. The predicted molar refractivity (Wildman–Crippen MR) is 75.0 cm³/mol. The van der Waals surface area contributed by atoms with Crippen molar-refractivity contribution in [2.24, 2.45) is 5.92 Å². The van der Waals surface area contributed by atoms with Crippen LogP contribution < -0.4 is 5.32 Å². The third kappa shape index (κ3) is 3.49. The van der Waals surface area contributed by atoms with Crippen molar-refractivity contribution in [1.82, 2.24) is 9.97 Å². The SMILES string of the molecule is CCc1c(Cl)ncnc1NCC1CCSCC1.